The van der Waals surface area contributed by atoms with Gasteiger partial charge in [0.25, 0.3) is 0 Å². The molecule has 0 atom stereocenters. The molecular weight excluding hydrogens is 231 g/mol. The number of hydrogen-bond donors (Lipinski definition) is 5. The zero-order valence-corrected chi connectivity index (χ0v) is 8.61. The van der Waals surface area contributed by atoms with Crippen LogP contribution in [0.3, 0.4) is 0 Å². The Morgan fingerprint density at radius 3 is 2.14 bits per heavy atom. The molecule has 14 heavy (non-hydrogen) atoms. The van der Waals surface area contributed by atoms with E-state index < -0.39 is 7.82 Å². The molecule has 1 aromatic carbocycles. The Hall–Kier alpha value is -0.620. The molecule has 1 aromatic rings. The van der Waals surface area contributed by atoms with Crippen LogP contribution in [-0.4, -0.2) is 14.7 Å². The Labute approximate surface area is 85.5 Å². The second-order valence-corrected chi connectivity index (χ2v) is 3.63. The first-order valence-corrected chi connectivity index (χ1v) is 5.27. The minimum atomic E-state index is -4.64. The van der Waals surface area contributed by atoms with Gasteiger partial charge in [-0.1, -0.05) is 17.7 Å². The van der Waals surface area contributed by atoms with Crippen LogP contribution in [0.25, 0.3) is 0 Å². The number of benzene rings is 1. The highest BCUT2D eigenvalue weighted by molar-refractivity contribution is 7.45. The number of hydrazine groups is 1. The number of rotatable bonds is 1. The van der Waals surface area contributed by atoms with E-state index in [-0.39, 0.29) is 0 Å². The first-order valence-electron chi connectivity index (χ1n) is 3.33. The summed E-state index contributed by atoms with van der Waals surface area (Å²) in [5.41, 5.74) is 3.31. The van der Waals surface area contributed by atoms with Gasteiger partial charge in [0.1, 0.15) is 0 Å². The van der Waals surface area contributed by atoms with E-state index in [0.29, 0.717) is 5.02 Å². The molecular formula is C6H10ClN2O4P. The zero-order valence-electron chi connectivity index (χ0n) is 6.96. The van der Waals surface area contributed by atoms with Crippen LogP contribution < -0.4 is 11.3 Å². The monoisotopic (exact) mass is 240 g/mol. The fraction of sp³-hybridized carbons (Fsp3) is 0. The number of phosphoric acid groups is 1. The van der Waals surface area contributed by atoms with Gasteiger partial charge in [0.2, 0.25) is 0 Å². The van der Waals surface area contributed by atoms with Crippen molar-refractivity contribution in [3.63, 3.8) is 0 Å². The van der Waals surface area contributed by atoms with Crippen LogP contribution in [0.2, 0.25) is 5.02 Å². The van der Waals surface area contributed by atoms with Crippen LogP contribution in [0.5, 0.6) is 0 Å². The van der Waals surface area contributed by atoms with Crippen molar-refractivity contribution < 1.29 is 19.2 Å². The highest BCUT2D eigenvalue weighted by Crippen LogP contribution is 2.25. The molecule has 1 rings (SSSR count). The van der Waals surface area contributed by atoms with E-state index in [1.807, 2.05) is 12.1 Å². The maximum atomic E-state index is 8.88. The fourth-order valence-electron chi connectivity index (χ4n) is 0.578. The van der Waals surface area contributed by atoms with Gasteiger partial charge in [-0.2, -0.15) is 0 Å². The predicted octanol–water partition coefficient (Wildman–Crippen LogP) is 0.697. The lowest BCUT2D eigenvalue weighted by atomic mass is 10.3. The maximum Gasteiger partial charge on any atom is 0.466 e. The molecule has 8 heteroatoms. The lowest BCUT2D eigenvalue weighted by Crippen LogP contribution is -2.05. The second kappa shape index (κ2) is 5.98. The summed E-state index contributed by atoms with van der Waals surface area (Å²) in [6.45, 7) is 0. The zero-order chi connectivity index (χ0) is 11.2. The van der Waals surface area contributed by atoms with Crippen LogP contribution >= 0.6 is 19.4 Å². The SMILES string of the molecule is NNc1cccc(Cl)c1.O=P(O)(O)O. The Morgan fingerprint density at radius 2 is 1.86 bits per heavy atom. The molecule has 0 aromatic heterocycles. The molecule has 0 spiro atoms. The van der Waals surface area contributed by atoms with Gasteiger partial charge >= 0.3 is 7.82 Å². The largest absolute Gasteiger partial charge is 0.466 e. The summed E-state index contributed by atoms with van der Waals surface area (Å²) < 4.78 is 8.88. The molecule has 6 nitrogen and oxygen atoms in total. The third-order valence-electron chi connectivity index (χ3n) is 0.991. The number of nitrogens with two attached hydrogens (primary N) is 1. The van der Waals surface area contributed by atoms with Crippen molar-refractivity contribution in [1.82, 2.24) is 0 Å². The smallest absolute Gasteiger partial charge is 0.324 e. The Balaban J connectivity index is 0.000000292. The quantitative estimate of drug-likeness (QED) is 0.280. The number of anilines is 1. The average molecular weight is 241 g/mol. The van der Waals surface area contributed by atoms with Gasteiger partial charge in [-0.3, -0.25) is 5.84 Å². The molecule has 0 unspecified atom stereocenters. The van der Waals surface area contributed by atoms with Crippen LogP contribution in [0.15, 0.2) is 24.3 Å². The van der Waals surface area contributed by atoms with Crippen molar-refractivity contribution in [3.05, 3.63) is 29.3 Å². The minimum absolute atomic E-state index is 0.686. The van der Waals surface area contributed by atoms with Crippen LogP contribution in [0.4, 0.5) is 5.69 Å². The first-order chi connectivity index (χ1) is 6.33. The summed E-state index contributed by atoms with van der Waals surface area (Å²) in [4.78, 5) is 21.6. The molecule has 0 heterocycles. The van der Waals surface area contributed by atoms with Crippen molar-refractivity contribution >= 4 is 25.1 Å². The van der Waals surface area contributed by atoms with Crippen LogP contribution in [0.1, 0.15) is 0 Å². The first kappa shape index (κ1) is 13.4. The minimum Gasteiger partial charge on any atom is -0.324 e. The highest BCUT2D eigenvalue weighted by atomic mass is 35.5. The van der Waals surface area contributed by atoms with Gasteiger partial charge in [-0.25, -0.2) is 4.57 Å². The van der Waals surface area contributed by atoms with E-state index in [1.54, 1.807) is 12.1 Å². The van der Waals surface area contributed by atoms with Crippen molar-refractivity contribution in [2.75, 3.05) is 5.43 Å². The summed E-state index contributed by atoms with van der Waals surface area (Å²) in [7, 11) is -4.64. The molecule has 0 saturated carbocycles. The van der Waals surface area contributed by atoms with E-state index >= 15 is 0 Å². The number of nitrogen functional groups attached to an aromatic ring is 1. The molecule has 0 aliphatic rings. The number of nitrogens with one attached hydrogen (secondary N) is 1. The van der Waals surface area contributed by atoms with E-state index in [2.05, 4.69) is 5.43 Å². The third kappa shape index (κ3) is 9.47. The van der Waals surface area contributed by atoms with Gasteiger partial charge in [0.15, 0.2) is 0 Å². The van der Waals surface area contributed by atoms with Crippen LogP contribution in [0, 0.1) is 0 Å². The molecule has 0 fully saturated rings. The lowest BCUT2D eigenvalue weighted by molar-refractivity contribution is 0.275. The molecule has 0 aliphatic carbocycles. The lowest BCUT2D eigenvalue weighted by Gasteiger charge is -1.96. The fourth-order valence-corrected chi connectivity index (χ4v) is 0.769. The normalized spacial score (nSPS) is 10.1. The summed E-state index contributed by atoms with van der Waals surface area (Å²) in [6, 6.07) is 7.22. The van der Waals surface area contributed by atoms with E-state index in [0.717, 1.165) is 5.69 Å². The van der Waals surface area contributed by atoms with Gasteiger partial charge in [0, 0.05) is 10.7 Å². The topological polar surface area (TPSA) is 116 Å². The summed E-state index contributed by atoms with van der Waals surface area (Å²) >= 11 is 5.63. The Kier molecular flexibility index (Phi) is 5.71. The molecule has 0 aliphatic heterocycles. The molecule has 0 bridgehead atoms. The predicted molar refractivity (Wildman–Crippen MR) is 53.5 cm³/mol. The molecule has 0 amide bonds. The van der Waals surface area contributed by atoms with E-state index in [4.69, 9.17) is 36.7 Å². The second-order valence-electron chi connectivity index (χ2n) is 2.17. The third-order valence-corrected chi connectivity index (χ3v) is 1.23. The summed E-state index contributed by atoms with van der Waals surface area (Å²) in [5.74, 6) is 5.11. The van der Waals surface area contributed by atoms with Crippen LogP contribution in [-0.2, 0) is 4.57 Å². The molecule has 0 radical (unpaired) electrons. The summed E-state index contributed by atoms with van der Waals surface area (Å²) in [5, 5.41) is 0.686. The van der Waals surface area contributed by atoms with Crippen molar-refractivity contribution in [3.8, 4) is 0 Å². The van der Waals surface area contributed by atoms with E-state index in [9.17, 15) is 0 Å². The van der Waals surface area contributed by atoms with Crippen molar-refractivity contribution in [2.45, 2.75) is 0 Å². The molecule has 6 N–H and O–H groups in total. The number of hydrogen-bond acceptors (Lipinski definition) is 3. The van der Waals surface area contributed by atoms with Gasteiger partial charge in [0.05, 0.1) is 0 Å². The Bertz CT molecular complexity index is 321. The Morgan fingerprint density at radius 1 is 1.36 bits per heavy atom. The highest BCUT2D eigenvalue weighted by Gasteiger charge is 2.00. The van der Waals surface area contributed by atoms with E-state index in [1.165, 1.54) is 0 Å². The van der Waals surface area contributed by atoms with Gasteiger partial charge in [-0.15, -0.1) is 0 Å². The summed E-state index contributed by atoms with van der Waals surface area (Å²) in [6.07, 6.45) is 0. The average Bonchev–Trinajstić information content (AvgIpc) is 2.01. The molecule has 0 saturated heterocycles. The maximum absolute atomic E-state index is 8.88. The van der Waals surface area contributed by atoms with Crippen molar-refractivity contribution in [1.29, 1.82) is 0 Å². The van der Waals surface area contributed by atoms with Gasteiger partial charge < -0.3 is 20.1 Å². The number of halogens is 1. The molecule has 80 valence electrons. The van der Waals surface area contributed by atoms with Crippen molar-refractivity contribution in [2.24, 2.45) is 5.84 Å². The van der Waals surface area contributed by atoms with Gasteiger partial charge in [-0.05, 0) is 18.2 Å². The standard InChI is InChI=1S/C6H7ClN2.H3O4P/c7-5-2-1-3-6(4-5)9-8;1-5(2,3)4/h1-4,9H,8H2;(H3,1,2,3,4).